The molecular formula is C14H12BCl2FN4O4. The molecule has 12 heteroatoms. The molecule has 0 aliphatic carbocycles. The van der Waals surface area contributed by atoms with Crippen molar-refractivity contribution in [3.05, 3.63) is 56.4 Å². The van der Waals surface area contributed by atoms with E-state index in [1.807, 2.05) is 0 Å². The van der Waals surface area contributed by atoms with Crippen LogP contribution in [0.2, 0.25) is 10.0 Å². The molecule has 0 unspecified atom stereocenters. The van der Waals surface area contributed by atoms with Gasteiger partial charge in [0.05, 0.1) is 36.4 Å². The molecule has 0 heterocycles. The van der Waals surface area contributed by atoms with E-state index in [9.17, 15) is 4.32 Å². The minimum Gasteiger partial charge on any atom is -0.867 e. The zero-order valence-corrected chi connectivity index (χ0v) is 15.1. The molecule has 0 aliphatic rings. The van der Waals surface area contributed by atoms with Crippen LogP contribution in [-0.4, -0.2) is 21.6 Å². The van der Waals surface area contributed by atoms with E-state index in [0.29, 0.717) is 32.9 Å². The molecule has 0 fully saturated rings. The van der Waals surface area contributed by atoms with Gasteiger partial charge in [-0.1, -0.05) is 23.2 Å². The number of methoxy groups -OCH3 is 2. The molecule has 0 spiro atoms. The highest BCUT2D eigenvalue weighted by atomic mass is 35.5. The Hall–Kier alpha value is -2.63. The van der Waals surface area contributed by atoms with Gasteiger partial charge in [-0.2, -0.15) is 0 Å². The van der Waals surface area contributed by atoms with E-state index in [1.54, 1.807) is 24.3 Å². The molecule has 0 N–H and O–H groups in total. The number of hydrogen-bond donors (Lipinski definition) is 0. The van der Waals surface area contributed by atoms with Crippen LogP contribution in [0.4, 0.5) is 15.7 Å². The van der Waals surface area contributed by atoms with E-state index in [0.717, 1.165) is 0 Å². The topological polar surface area (TPSA) is 121 Å². The molecule has 2 rings (SSSR count). The first kappa shape index (κ1) is 23.4. The van der Waals surface area contributed by atoms with Gasteiger partial charge in [-0.15, -0.1) is 0 Å². The van der Waals surface area contributed by atoms with Gasteiger partial charge in [-0.3, -0.25) is 0 Å². The third kappa shape index (κ3) is 9.01. The predicted molar refractivity (Wildman–Crippen MR) is 92.4 cm³/mol. The van der Waals surface area contributed by atoms with Gasteiger partial charge in [0.1, 0.15) is 18.9 Å². The highest BCUT2D eigenvalue weighted by molar-refractivity contribution is 6.32. The van der Waals surface area contributed by atoms with Crippen molar-refractivity contribution in [2.45, 2.75) is 0 Å². The fourth-order valence-corrected chi connectivity index (χ4v) is 1.94. The summed E-state index contributed by atoms with van der Waals surface area (Å²) in [7, 11) is -0.117. The number of diazo groups is 2. The summed E-state index contributed by atoms with van der Waals surface area (Å²) >= 11 is 11.4. The highest BCUT2D eigenvalue weighted by Crippen LogP contribution is 2.29. The molecule has 0 aliphatic heterocycles. The van der Waals surface area contributed by atoms with E-state index >= 15 is 0 Å². The number of hydrogen-bond acceptors (Lipinski definition) is 6. The van der Waals surface area contributed by atoms with Crippen molar-refractivity contribution in [1.29, 1.82) is 10.8 Å². The van der Waals surface area contributed by atoms with Crippen LogP contribution in [0.3, 0.4) is 0 Å². The van der Waals surface area contributed by atoms with Crippen molar-refractivity contribution in [1.82, 2.24) is 0 Å². The molecular weight excluding hydrogens is 389 g/mol. The Kier molecular flexibility index (Phi) is 11.4. The lowest BCUT2D eigenvalue weighted by Crippen LogP contribution is -2.39. The maximum absolute atomic E-state index is 9.89. The van der Waals surface area contributed by atoms with Crippen LogP contribution in [-0.2, 0) is 0 Å². The lowest BCUT2D eigenvalue weighted by molar-refractivity contribution is -0.366. The maximum atomic E-state index is 9.89. The SMILES string of the molecule is COc1ccc([N+]#N)cc1Cl.COc1ccc([N+]#N)cc1Cl.[O-]B([O-])F. The molecule has 2 aromatic carbocycles. The van der Waals surface area contributed by atoms with Gasteiger partial charge in [0.25, 0.3) is 0 Å². The highest BCUT2D eigenvalue weighted by Gasteiger charge is 2.08. The van der Waals surface area contributed by atoms with Crippen molar-refractivity contribution < 1.29 is 23.8 Å². The summed E-state index contributed by atoms with van der Waals surface area (Å²) in [5.74, 6) is 1.14. The Balaban J connectivity index is 0.000000401. The molecule has 0 radical (unpaired) electrons. The Morgan fingerprint density at radius 3 is 1.38 bits per heavy atom. The van der Waals surface area contributed by atoms with Crippen LogP contribution in [0, 0.1) is 10.8 Å². The smallest absolute Gasteiger partial charge is 0.386 e. The van der Waals surface area contributed by atoms with Crippen molar-refractivity contribution in [3.8, 4) is 11.5 Å². The largest absolute Gasteiger partial charge is 0.867 e. The van der Waals surface area contributed by atoms with E-state index in [4.69, 9.17) is 53.5 Å². The van der Waals surface area contributed by atoms with Gasteiger partial charge in [0.15, 0.2) is 9.95 Å². The van der Waals surface area contributed by atoms with Gasteiger partial charge in [-0.05, 0) is 12.1 Å². The molecule has 0 saturated carbocycles. The lowest BCUT2D eigenvalue weighted by Gasteiger charge is -2.09. The van der Waals surface area contributed by atoms with Gasteiger partial charge in [-0.25, -0.2) is 0 Å². The standard InChI is InChI=1S/2C7H6ClN2O.BFO2/c2*1-11-7-3-2-5(10-9)4-6(7)8;2-1(3)4/h2*2-4H,1H3;/q2*+1;-2. The van der Waals surface area contributed by atoms with Crippen molar-refractivity contribution in [3.63, 3.8) is 0 Å². The van der Waals surface area contributed by atoms with E-state index < -0.39 is 7.40 Å². The van der Waals surface area contributed by atoms with Gasteiger partial charge in [0, 0.05) is 12.1 Å². The first-order valence-corrected chi connectivity index (χ1v) is 7.37. The lowest BCUT2D eigenvalue weighted by atomic mass is 10.3. The number of rotatable bonds is 2. The molecule has 26 heavy (non-hydrogen) atoms. The normalized spacial score (nSPS) is 8.50. The Labute approximate surface area is 159 Å². The maximum Gasteiger partial charge on any atom is 0.386 e. The number of benzene rings is 2. The number of halogens is 3. The van der Waals surface area contributed by atoms with E-state index in [-0.39, 0.29) is 0 Å². The Morgan fingerprint density at radius 2 is 1.19 bits per heavy atom. The molecule has 0 aromatic heterocycles. The molecule has 0 bridgehead atoms. The number of ether oxygens (including phenoxy) is 2. The minimum atomic E-state index is -3.17. The monoisotopic (exact) mass is 400 g/mol. The summed E-state index contributed by atoms with van der Waals surface area (Å²) in [6, 6.07) is 9.50. The second-order valence-electron chi connectivity index (χ2n) is 4.11. The quantitative estimate of drug-likeness (QED) is 0.562. The van der Waals surface area contributed by atoms with Crippen LogP contribution in [0.15, 0.2) is 36.4 Å². The summed E-state index contributed by atoms with van der Waals surface area (Å²) in [4.78, 5) is 5.93. The summed E-state index contributed by atoms with van der Waals surface area (Å²) in [6.07, 6.45) is 0. The second-order valence-corrected chi connectivity index (χ2v) is 4.93. The first-order chi connectivity index (χ1) is 12.3. The molecule has 0 atom stereocenters. The fraction of sp³-hybridized carbons (Fsp3) is 0.143. The van der Waals surface area contributed by atoms with Crippen LogP contribution in [0.1, 0.15) is 0 Å². The van der Waals surface area contributed by atoms with Gasteiger partial charge >= 0.3 is 11.4 Å². The summed E-state index contributed by atoms with van der Waals surface area (Å²) in [5.41, 5.74) is 0.826. The average molecular weight is 401 g/mol. The molecule has 0 saturated heterocycles. The molecule has 8 nitrogen and oxygen atoms in total. The van der Waals surface area contributed by atoms with Crippen molar-refractivity contribution >= 4 is 42.0 Å². The molecule has 0 amide bonds. The van der Waals surface area contributed by atoms with Crippen LogP contribution >= 0.6 is 23.2 Å². The Bertz CT molecular complexity index is 733. The number of nitrogens with zero attached hydrogens (tertiary/aromatic N) is 4. The predicted octanol–water partition coefficient (Wildman–Crippen LogP) is 3.33. The zero-order chi connectivity index (χ0) is 20.1. The fourth-order valence-electron chi connectivity index (χ4n) is 1.43. The van der Waals surface area contributed by atoms with Crippen LogP contribution in [0.25, 0.3) is 9.95 Å². The first-order valence-electron chi connectivity index (χ1n) is 6.62. The Morgan fingerprint density at radius 1 is 0.885 bits per heavy atom. The zero-order valence-electron chi connectivity index (χ0n) is 13.6. The summed E-state index contributed by atoms with van der Waals surface area (Å²) in [6.45, 7) is 0. The van der Waals surface area contributed by atoms with E-state index in [2.05, 4.69) is 9.95 Å². The van der Waals surface area contributed by atoms with Gasteiger partial charge < -0.3 is 23.8 Å². The average Bonchev–Trinajstić information content (AvgIpc) is 2.61. The van der Waals surface area contributed by atoms with Crippen LogP contribution < -0.4 is 19.5 Å². The summed E-state index contributed by atoms with van der Waals surface area (Å²) < 4.78 is 19.7. The molecule has 136 valence electrons. The van der Waals surface area contributed by atoms with Crippen molar-refractivity contribution in [2.75, 3.05) is 14.2 Å². The van der Waals surface area contributed by atoms with Crippen LogP contribution in [0.5, 0.6) is 11.5 Å². The second kappa shape index (κ2) is 12.7. The van der Waals surface area contributed by atoms with E-state index in [1.165, 1.54) is 26.4 Å². The van der Waals surface area contributed by atoms with Gasteiger partial charge in [0.2, 0.25) is 10.8 Å². The minimum absolute atomic E-state index is 0.413. The van der Waals surface area contributed by atoms with Crippen molar-refractivity contribution in [2.24, 2.45) is 0 Å². The third-order valence-corrected chi connectivity index (χ3v) is 3.09. The summed E-state index contributed by atoms with van der Waals surface area (Å²) in [5, 5.41) is 34.2. The molecule has 2 aromatic rings. The third-order valence-electron chi connectivity index (χ3n) is 2.50.